The summed E-state index contributed by atoms with van der Waals surface area (Å²) in [7, 11) is 0. The van der Waals surface area contributed by atoms with Crippen molar-refractivity contribution in [1.29, 1.82) is 0 Å². The van der Waals surface area contributed by atoms with E-state index < -0.39 is 5.97 Å². The minimum atomic E-state index is -0.948. The predicted molar refractivity (Wildman–Crippen MR) is 77.0 cm³/mol. The number of aromatic carboxylic acids is 1. The zero-order valence-corrected chi connectivity index (χ0v) is 11.7. The normalized spacial score (nSPS) is 12.1. The van der Waals surface area contributed by atoms with Gasteiger partial charge in [-0.3, -0.25) is 0 Å². The number of aromatic nitrogens is 1. The Morgan fingerprint density at radius 1 is 1.53 bits per heavy atom. The fraction of sp³-hybridized carbons (Fsp3) is 0.286. The third-order valence-electron chi connectivity index (χ3n) is 2.84. The quantitative estimate of drug-likeness (QED) is 0.880. The lowest BCUT2D eigenvalue weighted by Gasteiger charge is -2.16. The molecule has 0 aliphatic rings. The minimum Gasteiger partial charge on any atom is -0.478 e. The maximum absolute atomic E-state index is 11.3. The average Bonchev–Trinajstić information content (AvgIpc) is 2.81. The van der Waals surface area contributed by atoms with Gasteiger partial charge >= 0.3 is 5.97 Å². The van der Waals surface area contributed by atoms with Gasteiger partial charge in [-0.2, -0.15) is 0 Å². The van der Waals surface area contributed by atoms with Crippen LogP contribution >= 0.6 is 11.3 Å². The van der Waals surface area contributed by atoms with Crippen LogP contribution in [0.4, 0.5) is 5.82 Å². The SMILES string of the molecule is Cc1ccnc(NC(C)Cc2cccs2)c1C(=O)O. The van der Waals surface area contributed by atoms with E-state index in [2.05, 4.69) is 16.4 Å². The summed E-state index contributed by atoms with van der Waals surface area (Å²) in [6.07, 6.45) is 2.48. The van der Waals surface area contributed by atoms with Crippen LogP contribution in [0, 0.1) is 6.92 Å². The summed E-state index contributed by atoms with van der Waals surface area (Å²) >= 11 is 1.70. The van der Waals surface area contributed by atoms with E-state index >= 15 is 0 Å². The molecule has 100 valence electrons. The van der Waals surface area contributed by atoms with E-state index in [4.69, 9.17) is 0 Å². The van der Waals surface area contributed by atoms with Gasteiger partial charge in [0.1, 0.15) is 11.4 Å². The third-order valence-corrected chi connectivity index (χ3v) is 3.74. The van der Waals surface area contributed by atoms with Gasteiger partial charge in [-0.15, -0.1) is 11.3 Å². The van der Waals surface area contributed by atoms with E-state index in [9.17, 15) is 9.90 Å². The number of rotatable bonds is 5. The van der Waals surface area contributed by atoms with Crippen molar-refractivity contribution in [2.24, 2.45) is 0 Å². The number of hydrogen-bond acceptors (Lipinski definition) is 4. The van der Waals surface area contributed by atoms with Gasteiger partial charge in [-0.05, 0) is 36.9 Å². The van der Waals surface area contributed by atoms with Crippen LogP contribution in [-0.2, 0) is 6.42 Å². The van der Waals surface area contributed by atoms with Gasteiger partial charge in [0.15, 0.2) is 0 Å². The first-order chi connectivity index (χ1) is 9.08. The second-order valence-corrected chi connectivity index (χ2v) is 5.52. The fourth-order valence-corrected chi connectivity index (χ4v) is 2.79. The number of nitrogens with zero attached hydrogens (tertiary/aromatic N) is 1. The molecule has 19 heavy (non-hydrogen) atoms. The number of nitrogens with one attached hydrogen (secondary N) is 1. The molecule has 0 saturated carbocycles. The first-order valence-electron chi connectivity index (χ1n) is 6.05. The number of aryl methyl sites for hydroxylation is 1. The molecule has 2 aromatic rings. The van der Waals surface area contributed by atoms with E-state index in [-0.39, 0.29) is 11.6 Å². The lowest BCUT2D eigenvalue weighted by molar-refractivity contribution is 0.0697. The van der Waals surface area contributed by atoms with Crippen molar-refractivity contribution in [2.75, 3.05) is 5.32 Å². The Kier molecular flexibility index (Phi) is 4.16. The lowest BCUT2D eigenvalue weighted by atomic mass is 10.1. The number of carboxylic acid groups (broad SMARTS) is 1. The number of carboxylic acids is 1. The number of hydrogen-bond donors (Lipinski definition) is 2. The summed E-state index contributed by atoms with van der Waals surface area (Å²) in [5.41, 5.74) is 0.967. The van der Waals surface area contributed by atoms with Crippen molar-refractivity contribution >= 4 is 23.1 Å². The monoisotopic (exact) mass is 276 g/mol. The van der Waals surface area contributed by atoms with Crippen LogP contribution in [0.2, 0.25) is 0 Å². The Labute approximate surface area is 116 Å². The Morgan fingerprint density at radius 3 is 2.95 bits per heavy atom. The highest BCUT2D eigenvalue weighted by Crippen LogP contribution is 2.19. The van der Waals surface area contributed by atoms with E-state index in [1.807, 2.05) is 18.4 Å². The van der Waals surface area contributed by atoms with Gasteiger partial charge < -0.3 is 10.4 Å². The molecule has 2 rings (SSSR count). The zero-order valence-electron chi connectivity index (χ0n) is 10.9. The maximum atomic E-state index is 11.3. The highest BCUT2D eigenvalue weighted by Gasteiger charge is 2.16. The molecular weight excluding hydrogens is 260 g/mol. The Bertz CT molecular complexity index is 567. The molecule has 2 heterocycles. The lowest BCUT2D eigenvalue weighted by Crippen LogP contribution is -2.21. The Balaban J connectivity index is 2.14. The molecule has 0 spiro atoms. The van der Waals surface area contributed by atoms with E-state index in [0.29, 0.717) is 11.4 Å². The van der Waals surface area contributed by atoms with Crippen molar-refractivity contribution in [2.45, 2.75) is 26.3 Å². The molecule has 0 bridgehead atoms. The van der Waals surface area contributed by atoms with Gasteiger partial charge in [0.25, 0.3) is 0 Å². The van der Waals surface area contributed by atoms with Crippen LogP contribution in [0.25, 0.3) is 0 Å². The summed E-state index contributed by atoms with van der Waals surface area (Å²) in [6.45, 7) is 3.80. The summed E-state index contributed by atoms with van der Waals surface area (Å²) in [4.78, 5) is 16.7. The fourth-order valence-electron chi connectivity index (χ4n) is 1.95. The molecule has 1 unspecified atom stereocenters. The molecule has 2 N–H and O–H groups in total. The van der Waals surface area contributed by atoms with Crippen LogP contribution in [0.3, 0.4) is 0 Å². The van der Waals surface area contributed by atoms with Crippen LogP contribution < -0.4 is 5.32 Å². The number of anilines is 1. The first-order valence-corrected chi connectivity index (χ1v) is 6.93. The van der Waals surface area contributed by atoms with E-state index in [1.165, 1.54) is 4.88 Å². The van der Waals surface area contributed by atoms with Gasteiger partial charge in [0.2, 0.25) is 0 Å². The molecule has 0 aromatic carbocycles. The number of pyridine rings is 1. The van der Waals surface area contributed by atoms with E-state index in [1.54, 1.807) is 30.5 Å². The Hall–Kier alpha value is -1.88. The largest absolute Gasteiger partial charge is 0.478 e. The van der Waals surface area contributed by atoms with Gasteiger partial charge in [-0.25, -0.2) is 9.78 Å². The molecule has 0 aliphatic carbocycles. The molecule has 0 aliphatic heterocycles. The maximum Gasteiger partial charge on any atom is 0.339 e. The molecule has 5 heteroatoms. The smallest absolute Gasteiger partial charge is 0.339 e. The third kappa shape index (κ3) is 3.32. The molecular formula is C14H16N2O2S. The van der Waals surface area contributed by atoms with Crippen molar-refractivity contribution in [3.05, 3.63) is 45.8 Å². The molecule has 1 atom stereocenters. The molecule has 0 amide bonds. The summed E-state index contributed by atoms with van der Waals surface area (Å²) in [5.74, 6) is -0.507. The van der Waals surface area contributed by atoms with Crippen molar-refractivity contribution in [1.82, 2.24) is 4.98 Å². The van der Waals surface area contributed by atoms with Crippen LogP contribution in [0.5, 0.6) is 0 Å². The van der Waals surface area contributed by atoms with Crippen molar-refractivity contribution < 1.29 is 9.90 Å². The number of thiophene rings is 1. The van der Waals surface area contributed by atoms with Crippen LogP contribution in [0.15, 0.2) is 29.8 Å². The van der Waals surface area contributed by atoms with Crippen LogP contribution in [0.1, 0.15) is 27.7 Å². The van der Waals surface area contributed by atoms with E-state index in [0.717, 1.165) is 6.42 Å². The van der Waals surface area contributed by atoms with Gasteiger partial charge in [0.05, 0.1) is 0 Å². The van der Waals surface area contributed by atoms with Crippen molar-refractivity contribution in [3.63, 3.8) is 0 Å². The topological polar surface area (TPSA) is 62.2 Å². The van der Waals surface area contributed by atoms with Crippen LogP contribution in [-0.4, -0.2) is 22.1 Å². The molecule has 0 saturated heterocycles. The average molecular weight is 276 g/mol. The number of carbonyl (C=O) groups is 1. The second-order valence-electron chi connectivity index (χ2n) is 4.49. The summed E-state index contributed by atoms with van der Waals surface area (Å²) < 4.78 is 0. The van der Waals surface area contributed by atoms with Gasteiger partial charge in [0, 0.05) is 23.5 Å². The minimum absolute atomic E-state index is 0.131. The van der Waals surface area contributed by atoms with Gasteiger partial charge in [-0.1, -0.05) is 6.07 Å². The summed E-state index contributed by atoms with van der Waals surface area (Å²) in [6, 6.07) is 5.93. The molecule has 4 nitrogen and oxygen atoms in total. The standard InChI is InChI=1S/C14H16N2O2S/c1-9-5-6-15-13(12(9)14(17)18)16-10(2)8-11-4-3-7-19-11/h3-7,10H,8H2,1-2H3,(H,15,16)(H,17,18). The molecule has 0 radical (unpaired) electrons. The summed E-state index contributed by atoms with van der Waals surface area (Å²) in [5, 5.41) is 14.5. The van der Waals surface area contributed by atoms with Crippen molar-refractivity contribution in [3.8, 4) is 0 Å². The zero-order chi connectivity index (χ0) is 13.8. The Morgan fingerprint density at radius 2 is 2.32 bits per heavy atom. The molecule has 2 aromatic heterocycles. The second kappa shape index (κ2) is 5.84. The highest BCUT2D eigenvalue weighted by molar-refractivity contribution is 7.09. The molecule has 0 fully saturated rings. The predicted octanol–water partition coefficient (Wildman–Crippen LogP) is 3.19. The highest BCUT2D eigenvalue weighted by atomic mass is 32.1. The first kappa shape index (κ1) is 13.5.